The number of aryl methyl sites for hydroxylation is 1. The zero-order valence-electron chi connectivity index (χ0n) is 18.4. The molecule has 1 saturated heterocycles. The van der Waals surface area contributed by atoms with Gasteiger partial charge in [0.2, 0.25) is 5.91 Å². The molecular formula is C26H24N4O3. The molecule has 0 atom stereocenters. The maximum atomic E-state index is 13.2. The van der Waals surface area contributed by atoms with Crippen LogP contribution in [0.4, 0.5) is 11.4 Å². The molecule has 7 nitrogen and oxygen atoms in total. The van der Waals surface area contributed by atoms with Crippen molar-refractivity contribution in [3.8, 4) is 5.69 Å². The van der Waals surface area contributed by atoms with Crippen molar-refractivity contribution in [1.82, 2.24) is 9.55 Å². The Morgan fingerprint density at radius 1 is 1.09 bits per heavy atom. The number of pyridine rings is 2. The summed E-state index contributed by atoms with van der Waals surface area (Å²) in [7, 11) is 0. The van der Waals surface area contributed by atoms with E-state index in [-0.39, 0.29) is 11.5 Å². The molecule has 0 spiro atoms. The third-order valence-corrected chi connectivity index (χ3v) is 6.00. The van der Waals surface area contributed by atoms with Crippen molar-refractivity contribution in [2.75, 3.05) is 36.5 Å². The molecule has 0 unspecified atom stereocenters. The van der Waals surface area contributed by atoms with Crippen molar-refractivity contribution < 1.29 is 9.53 Å². The van der Waals surface area contributed by atoms with E-state index in [9.17, 15) is 9.59 Å². The van der Waals surface area contributed by atoms with Crippen molar-refractivity contribution in [2.45, 2.75) is 6.92 Å². The van der Waals surface area contributed by atoms with Gasteiger partial charge in [0.1, 0.15) is 0 Å². The Labute approximate surface area is 190 Å². The van der Waals surface area contributed by atoms with Crippen LogP contribution in [0, 0.1) is 6.92 Å². The molecule has 0 saturated carbocycles. The first-order chi connectivity index (χ1) is 16.0. The molecule has 0 radical (unpaired) electrons. The summed E-state index contributed by atoms with van der Waals surface area (Å²) in [5.41, 5.74) is 4.71. The molecule has 33 heavy (non-hydrogen) atoms. The van der Waals surface area contributed by atoms with E-state index in [1.807, 2.05) is 31.2 Å². The Balaban J connectivity index is 1.75. The van der Waals surface area contributed by atoms with E-state index in [1.54, 1.807) is 22.9 Å². The van der Waals surface area contributed by atoms with Crippen LogP contribution < -0.4 is 15.8 Å². The van der Waals surface area contributed by atoms with Crippen LogP contribution >= 0.6 is 0 Å². The third kappa shape index (κ3) is 3.87. The quantitative estimate of drug-likeness (QED) is 0.386. The zero-order valence-corrected chi connectivity index (χ0v) is 18.4. The van der Waals surface area contributed by atoms with Gasteiger partial charge in [-0.3, -0.25) is 19.1 Å². The summed E-state index contributed by atoms with van der Waals surface area (Å²) in [5, 5.41) is 4.58. The third-order valence-electron chi connectivity index (χ3n) is 6.00. The number of morpholine rings is 1. The van der Waals surface area contributed by atoms with Gasteiger partial charge in [-0.2, -0.15) is 0 Å². The van der Waals surface area contributed by atoms with Crippen molar-refractivity contribution in [3.63, 3.8) is 0 Å². The highest BCUT2D eigenvalue weighted by Gasteiger charge is 2.15. The number of aromatic nitrogens is 2. The van der Waals surface area contributed by atoms with E-state index >= 15 is 0 Å². The number of ether oxygens (including phenoxy) is 1. The minimum atomic E-state index is -0.301. The molecule has 0 bridgehead atoms. The Morgan fingerprint density at radius 2 is 1.88 bits per heavy atom. The molecule has 3 heterocycles. The Bertz CT molecular complexity index is 1450. The lowest BCUT2D eigenvalue weighted by Crippen LogP contribution is -2.36. The van der Waals surface area contributed by atoms with E-state index in [1.165, 1.54) is 6.08 Å². The van der Waals surface area contributed by atoms with E-state index in [0.717, 1.165) is 46.1 Å². The van der Waals surface area contributed by atoms with Gasteiger partial charge in [-0.1, -0.05) is 12.6 Å². The molecule has 1 amide bonds. The van der Waals surface area contributed by atoms with Gasteiger partial charge >= 0.3 is 0 Å². The number of carbonyl (C=O) groups excluding carboxylic acids is 1. The largest absolute Gasteiger partial charge is 0.378 e. The van der Waals surface area contributed by atoms with Crippen LogP contribution in [-0.4, -0.2) is 41.8 Å². The SMILES string of the molecule is C=CC(=O)Nc1cc(-n2c(=O)ccc3cnc4ccc(N5CCOCC5)cc4c32)ccc1C. The van der Waals surface area contributed by atoms with E-state index in [0.29, 0.717) is 24.6 Å². The monoisotopic (exact) mass is 440 g/mol. The number of amides is 1. The van der Waals surface area contributed by atoms with Gasteiger partial charge in [0.25, 0.3) is 5.56 Å². The Morgan fingerprint density at radius 3 is 2.67 bits per heavy atom. The second kappa shape index (κ2) is 8.52. The van der Waals surface area contributed by atoms with Gasteiger partial charge in [0, 0.05) is 47.5 Å². The fourth-order valence-corrected chi connectivity index (χ4v) is 4.24. The van der Waals surface area contributed by atoms with Gasteiger partial charge < -0.3 is 15.0 Å². The van der Waals surface area contributed by atoms with Crippen molar-refractivity contribution in [2.24, 2.45) is 0 Å². The van der Waals surface area contributed by atoms with Gasteiger partial charge in [0.05, 0.1) is 29.9 Å². The molecule has 5 rings (SSSR count). The number of benzene rings is 2. The topological polar surface area (TPSA) is 76.5 Å². The highest BCUT2D eigenvalue weighted by molar-refractivity contribution is 6.05. The molecule has 4 aromatic rings. The molecule has 7 heteroatoms. The van der Waals surface area contributed by atoms with E-state index < -0.39 is 0 Å². The lowest BCUT2D eigenvalue weighted by molar-refractivity contribution is -0.111. The second-order valence-electron chi connectivity index (χ2n) is 8.06. The molecule has 1 N–H and O–H groups in total. The number of rotatable bonds is 4. The van der Waals surface area contributed by atoms with E-state index in [2.05, 4.69) is 33.9 Å². The smallest absolute Gasteiger partial charge is 0.255 e. The lowest BCUT2D eigenvalue weighted by atomic mass is 10.1. The van der Waals surface area contributed by atoms with Crippen LogP contribution in [0.25, 0.3) is 27.5 Å². The van der Waals surface area contributed by atoms with Gasteiger partial charge in [0.15, 0.2) is 0 Å². The molecule has 1 aliphatic heterocycles. The predicted molar refractivity (Wildman–Crippen MR) is 131 cm³/mol. The van der Waals surface area contributed by atoms with Gasteiger partial charge in [-0.15, -0.1) is 0 Å². The first-order valence-corrected chi connectivity index (χ1v) is 10.9. The number of carbonyl (C=O) groups is 1. The zero-order chi connectivity index (χ0) is 22.9. The summed E-state index contributed by atoms with van der Waals surface area (Å²) in [5.74, 6) is -0.301. The molecule has 1 fully saturated rings. The first kappa shape index (κ1) is 20.9. The lowest BCUT2D eigenvalue weighted by Gasteiger charge is -2.29. The number of hydrogen-bond acceptors (Lipinski definition) is 5. The van der Waals surface area contributed by atoms with Crippen LogP contribution in [0.2, 0.25) is 0 Å². The Hall–Kier alpha value is -3.97. The molecule has 0 aliphatic carbocycles. The predicted octanol–water partition coefficient (Wildman–Crippen LogP) is 3.81. The van der Waals surface area contributed by atoms with Crippen molar-refractivity contribution in [1.29, 1.82) is 0 Å². The average molecular weight is 441 g/mol. The normalized spacial score (nSPS) is 13.9. The van der Waals surface area contributed by atoms with Gasteiger partial charge in [-0.05, 0) is 55.0 Å². The van der Waals surface area contributed by atoms with Crippen LogP contribution in [0.3, 0.4) is 0 Å². The maximum absolute atomic E-state index is 13.2. The van der Waals surface area contributed by atoms with Crippen molar-refractivity contribution in [3.05, 3.63) is 83.3 Å². The van der Waals surface area contributed by atoms with Crippen LogP contribution in [0.1, 0.15) is 5.56 Å². The fraction of sp³-hybridized carbons (Fsp3) is 0.192. The molecule has 1 aliphatic rings. The summed E-state index contributed by atoms with van der Waals surface area (Å²) in [4.78, 5) is 31.9. The summed E-state index contributed by atoms with van der Waals surface area (Å²) in [6.07, 6.45) is 3.01. The number of fused-ring (bicyclic) bond motifs is 3. The number of nitrogens with one attached hydrogen (secondary N) is 1. The van der Waals surface area contributed by atoms with Crippen LogP contribution in [0.15, 0.2) is 72.2 Å². The molecule has 2 aromatic carbocycles. The summed E-state index contributed by atoms with van der Waals surface area (Å²) < 4.78 is 7.18. The van der Waals surface area contributed by atoms with Gasteiger partial charge in [-0.25, -0.2) is 0 Å². The Kier molecular flexibility index (Phi) is 5.40. The summed E-state index contributed by atoms with van der Waals surface area (Å²) in [6.45, 7) is 8.45. The molecular weight excluding hydrogens is 416 g/mol. The summed E-state index contributed by atoms with van der Waals surface area (Å²) >= 11 is 0. The number of anilines is 2. The highest BCUT2D eigenvalue weighted by atomic mass is 16.5. The first-order valence-electron chi connectivity index (χ1n) is 10.9. The molecule has 2 aromatic heterocycles. The maximum Gasteiger partial charge on any atom is 0.255 e. The standard InChI is InChI=1S/C26H24N4O3/c1-3-24(31)28-23-15-20(6-4-17(23)2)30-25(32)9-5-18-16-27-22-8-7-19(14-21(22)26(18)30)29-10-12-33-13-11-29/h3-9,14-16H,1,10-13H2,2H3,(H,28,31). The number of nitrogens with zero attached hydrogens (tertiary/aromatic N) is 3. The van der Waals surface area contributed by atoms with Crippen LogP contribution in [-0.2, 0) is 9.53 Å². The average Bonchev–Trinajstić information content (AvgIpc) is 2.85. The molecule has 166 valence electrons. The van der Waals surface area contributed by atoms with Crippen LogP contribution in [0.5, 0.6) is 0 Å². The van der Waals surface area contributed by atoms with Crippen molar-refractivity contribution >= 4 is 39.1 Å². The summed E-state index contributed by atoms with van der Waals surface area (Å²) in [6, 6.07) is 15.1. The number of hydrogen-bond donors (Lipinski definition) is 1. The van der Waals surface area contributed by atoms with E-state index in [4.69, 9.17) is 4.74 Å². The minimum Gasteiger partial charge on any atom is -0.378 e. The highest BCUT2D eigenvalue weighted by Crippen LogP contribution is 2.30. The minimum absolute atomic E-state index is 0.156. The fourth-order valence-electron chi connectivity index (χ4n) is 4.24. The second-order valence-corrected chi connectivity index (χ2v) is 8.06.